The van der Waals surface area contributed by atoms with Crippen LogP contribution >= 0.6 is 23.2 Å². The van der Waals surface area contributed by atoms with Crippen LogP contribution < -0.4 is 0 Å². The number of aromatic nitrogens is 2. The van der Waals surface area contributed by atoms with Gasteiger partial charge in [-0.2, -0.15) is 18.3 Å². The van der Waals surface area contributed by atoms with Gasteiger partial charge < -0.3 is 10.2 Å². The van der Waals surface area contributed by atoms with Crippen molar-refractivity contribution in [2.75, 3.05) is 0 Å². The lowest BCUT2D eigenvalue weighted by molar-refractivity contribution is -0.144. The van der Waals surface area contributed by atoms with E-state index in [0.29, 0.717) is 27.2 Å². The van der Waals surface area contributed by atoms with Gasteiger partial charge in [-0.05, 0) is 47.5 Å². The van der Waals surface area contributed by atoms with E-state index in [1.54, 1.807) is 41.2 Å². The molecule has 4 nitrogen and oxygen atoms in total. The van der Waals surface area contributed by atoms with Crippen LogP contribution in [-0.4, -0.2) is 26.2 Å². The number of phenolic OH excluding ortho intramolecular Hbond substituents is 1. The highest BCUT2D eigenvalue weighted by molar-refractivity contribution is 6.35. The molecule has 9 heteroatoms. The molecule has 0 aliphatic carbocycles. The van der Waals surface area contributed by atoms with Gasteiger partial charge in [0.15, 0.2) is 0 Å². The van der Waals surface area contributed by atoms with Gasteiger partial charge in [-0.1, -0.05) is 41.4 Å². The van der Waals surface area contributed by atoms with Crippen molar-refractivity contribution < 1.29 is 23.4 Å². The van der Waals surface area contributed by atoms with Crippen LogP contribution in [0, 0.1) is 0 Å². The van der Waals surface area contributed by atoms with Crippen LogP contribution in [0.1, 0.15) is 29.6 Å². The summed E-state index contributed by atoms with van der Waals surface area (Å²) in [5, 5.41) is 26.0. The van der Waals surface area contributed by atoms with Gasteiger partial charge in [-0.25, -0.2) is 4.68 Å². The van der Waals surface area contributed by atoms with Crippen molar-refractivity contribution in [3.05, 3.63) is 88.0 Å². The summed E-state index contributed by atoms with van der Waals surface area (Å²) in [5.41, 5.74) is 1.75. The first-order valence-corrected chi connectivity index (χ1v) is 10.3. The van der Waals surface area contributed by atoms with Crippen LogP contribution in [0.2, 0.25) is 10.0 Å². The molecule has 2 atom stereocenters. The Kier molecular flexibility index (Phi) is 6.07. The van der Waals surface area contributed by atoms with Gasteiger partial charge >= 0.3 is 6.18 Å². The van der Waals surface area contributed by atoms with E-state index in [1.807, 2.05) is 0 Å². The maximum absolute atomic E-state index is 13.3. The van der Waals surface area contributed by atoms with E-state index in [1.165, 1.54) is 30.3 Å². The second kappa shape index (κ2) is 8.65. The van der Waals surface area contributed by atoms with E-state index in [2.05, 4.69) is 5.10 Å². The number of hydrogen-bond donors (Lipinski definition) is 2. The molecule has 166 valence electrons. The molecule has 4 rings (SSSR count). The summed E-state index contributed by atoms with van der Waals surface area (Å²) in [5.74, 6) is -1.24. The summed E-state index contributed by atoms with van der Waals surface area (Å²) in [7, 11) is 0. The number of nitrogens with zero attached hydrogens (tertiary/aromatic N) is 2. The first-order chi connectivity index (χ1) is 15.1. The number of aliphatic hydroxyl groups excluding tert-OH is 1. The fourth-order valence-electron chi connectivity index (χ4n) is 3.74. The van der Waals surface area contributed by atoms with Crippen molar-refractivity contribution in [1.29, 1.82) is 0 Å². The Morgan fingerprint density at radius 2 is 1.78 bits per heavy atom. The molecule has 3 aromatic carbocycles. The number of fused-ring (bicyclic) bond motifs is 1. The molecule has 4 aromatic rings. The second-order valence-electron chi connectivity index (χ2n) is 7.43. The third-order valence-electron chi connectivity index (χ3n) is 5.20. The zero-order valence-corrected chi connectivity index (χ0v) is 17.9. The van der Waals surface area contributed by atoms with Crippen molar-refractivity contribution in [3.8, 4) is 11.4 Å². The molecule has 0 saturated heterocycles. The van der Waals surface area contributed by atoms with Gasteiger partial charge in [0.2, 0.25) is 0 Å². The summed E-state index contributed by atoms with van der Waals surface area (Å²) in [6.07, 6.45) is -5.69. The maximum Gasteiger partial charge on any atom is 0.389 e. The lowest BCUT2D eigenvalue weighted by Gasteiger charge is -2.26. The standard InChI is InChI=1S/C23H17Cl2F3N2O2/c24-15-5-6-18(20(25)9-15)19(11-23(26,27)28)22(32)13-4-7-21-14(8-13)12-29-30(21)16-2-1-3-17(31)10-16/h1-10,12,19,22,31-32H,11H2. The SMILES string of the molecule is Oc1cccc(-n2ncc3cc(C(O)C(CC(F)(F)F)c4ccc(Cl)cc4Cl)ccc32)c1. The molecule has 0 amide bonds. The van der Waals surface area contributed by atoms with Gasteiger partial charge in [0.05, 0.1) is 29.9 Å². The Balaban J connectivity index is 1.73. The number of benzene rings is 3. The van der Waals surface area contributed by atoms with Crippen LogP contribution in [0.4, 0.5) is 13.2 Å². The highest BCUT2D eigenvalue weighted by Gasteiger charge is 2.37. The first-order valence-electron chi connectivity index (χ1n) is 9.59. The van der Waals surface area contributed by atoms with Crippen molar-refractivity contribution in [2.45, 2.75) is 24.6 Å². The molecule has 2 unspecified atom stereocenters. The summed E-state index contributed by atoms with van der Waals surface area (Å²) in [4.78, 5) is 0. The Morgan fingerprint density at radius 1 is 1.00 bits per heavy atom. The molecule has 0 aliphatic rings. The molecular formula is C23H17Cl2F3N2O2. The minimum atomic E-state index is -4.51. The van der Waals surface area contributed by atoms with E-state index in [-0.39, 0.29) is 16.3 Å². The quantitative estimate of drug-likeness (QED) is 0.329. The summed E-state index contributed by atoms with van der Waals surface area (Å²) in [6, 6.07) is 15.5. The van der Waals surface area contributed by atoms with Gasteiger partial charge in [0.25, 0.3) is 0 Å². The molecule has 1 heterocycles. The van der Waals surface area contributed by atoms with Crippen LogP contribution in [0.15, 0.2) is 66.9 Å². The van der Waals surface area contributed by atoms with E-state index in [9.17, 15) is 23.4 Å². The number of aliphatic hydroxyl groups is 1. The fourth-order valence-corrected chi connectivity index (χ4v) is 4.29. The average molecular weight is 481 g/mol. The van der Waals surface area contributed by atoms with E-state index >= 15 is 0 Å². The van der Waals surface area contributed by atoms with Crippen LogP contribution in [0.5, 0.6) is 5.75 Å². The normalized spacial score (nSPS) is 13.9. The molecule has 0 radical (unpaired) electrons. The lowest BCUT2D eigenvalue weighted by Crippen LogP contribution is -2.20. The monoisotopic (exact) mass is 480 g/mol. The highest BCUT2D eigenvalue weighted by Crippen LogP contribution is 2.43. The number of hydrogen-bond acceptors (Lipinski definition) is 3. The van der Waals surface area contributed by atoms with E-state index in [0.717, 1.165) is 0 Å². The summed E-state index contributed by atoms with van der Waals surface area (Å²) in [6.45, 7) is 0. The fraction of sp³-hybridized carbons (Fsp3) is 0.174. The molecule has 0 spiro atoms. The Bertz CT molecular complexity index is 1270. The predicted molar refractivity (Wildman–Crippen MR) is 118 cm³/mol. The molecule has 2 N–H and O–H groups in total. The Labute approximate surface area is 191 Å². The van der Waals surface area contributed by atoms with Crippen LogP contribution in [0.25, 0.3) is 16.6 Å². The van der Waals surface area contributed by atoms with Gasteiger partial charge in [-0.3, -0.25) is 0 Å². The zero-order valence-electron chi connectivity index (χ0n) is 16.4. The molecule has 0 fully saturated rings. The minimum Gasteiger partial charge on any atom is -0.508 e. The predicted octanol–water partition coefficient (Wildman–Crippen LogP) is 6.81. The van der Waals surface area contributed by atoms with Gasteiger partial charge in [0.1, 0.15) is 5.75 Å². The lowest BCUT2D eigenvalue weighted by atomic mass is 9.86. The van der Waals surface area contributed by atoms with Gasteiger partial charge in [-0.15, -0.1) is 0 Å². The van der Waals surface area contributed by atoms with Crippen molar-refractivity contribution >= 4 is 34.1 Å². The summed E-state index contributed by atoms with van der Waals surface area (Å²) < 4.78 is 41.6. The minimum absolute atomic E-state index is 0.0589. The number of phenols is 1. The summed E-state index contributed by atoms with van der Waals surface area (Å²) >= 11 is 12.1. The third kappa shape index (κ3) is 4.70. The van der Waals surface area contributed by atoms with Crippen molar-refractivity contribution in [2.24, 2.45) is 0 Å². The zero-order chi connectivity index (χ0) is 23.0. The Morgan fingerprint density at radius 3 is 2.47 bits per heavy atom. The van der Waals surface area contributed by atoms with Crippen molar-refractivity contribution in [3.63, 3.8) is 0 Å². The molecule has 0 aliphatic heterocycles. The number of aromatic hydroxyl groups is 1. The highest BCUT2D eigenvalue weighted by atomic mass is 35.5. The molecular weight excluding hydrogens is 464 g/mol. The third-order valence-corrected chi connectivity index (χ3v) is 5.76. The first kappa shape index (κ1) is 22.5. The largest absolute Gasteiger partial charge is 0.508 e. The van der Waals surface area contributed by atoms with Gasteiger partial charge in [0, 0.05) is 27.4 Å². The number of alkyl halides is 3. The average Bonchev–Trinajstić information content (AvgIpc) is 3.14. The molecule has 32 heavy (non-hydrogen) atoms. The van der Waals surface area contributed by atoms with Crippen LogP contribution in [-0.2, 0) is 0 Å². The number of halogens is 5. The topological polar surface area (TPSA) is 58.3 Å². The molecule has 0 saturated carbocycles. The van der Waals surface area contributed by atoms with Crippen molar-refractivity contribution in [1.82, 2.24) is 9.78 Å². The van der Waals surface area contributed by atoms with E-state index < -0.39 is 24.6 Å². The molecule has 1 aromatic heterocycles. The van der Waals surface area contributed by atoms with E-state index in [4.69, 9.17) is 23.2 Å². The van der Waals surface area contributed by atoms with Crippen LogP contribution in [0.3, 0.4) is 0 Å². The smallest absolute Gasteiger partial charge is 0.389 e. The second-order valence-corrected chi connectivity index (χ2v) is 8.27. The number of rotatable bonds is 5. The Hall–Kier alpha value is -2.74. The maximum atomic E-state index is 13.3. The molecule has 0 bridgehead atoms.